The molecule has 1 aliphatic carbocycles. The standard InChI is InChI=1S/C17H23F3N2O/c1-21-10-7-15(23)22-12-16(8-2-3-9-16)13-5-4-6-14(11-13)17(18,19)20/h4-6,11,21H,2-3,7-10,12H2,1H3,(H,22,23). The van der Waals surface area contributed by atoms with Crippen LogP contribution in [0.5, 0.6) is 0 Å². The fourth-order valence-corrected chi connectivity index (χ4v) is 3.24. The van der Waals surface area contributed by atoms with Crippen molar-refractivity contribution in [1.82, 2.24) is 10.6 Å². The molecule has 0 spiro atoms. The van der Waals surface area contributed by atoms with Crippen molar-refractivity contribution >= 4 is 5.91 Å². The van der Waals surface area contributed by atoms with Crippen LogP contribution in [0.4, 0.5) is 13.2 Å². The third kappa shape index (κ3) is 4.47. The summed E-state index contributed by atoms with van der Waals surface area (Å²) in [5.41, 5.74) is -0.321. The maximum Gasteiger partial charge on any atom is 0.416 e. The second-order valence-corrected chi connectivity index (χ2v) is 6.20. The fourth-order valence-electron chi connectivity index (χ4n) is 3.24. The van der Waals surface area contributed by atoms with Gasteiger partial charge in [-0.1, -0.05) is 31.0 Å². The third-order valence-electron chi connectivity index (χ3n) is 4.59. The van der Waals surface area contributed by atoms with Gasteiger partial charge >= 0.3 is 6.18 Å². The van der Waals surface area contributed by atoms with Gasteiger partial charge in [-0.3, -0.25) is 4.79 Å². The van der Waals surface area contributed by atoms with E-state index in [0.29, 0.717) is 25.1 Å². The van der Waals surface area contributed by atoms with E-state index >= 15 is 0 Å². The van der Waals surface area contributed by atoms with Crippen molar-refractivity contribution in [2.24, 2.45) is 0 Å². The van der Waals surface area contributed by atoms with E-state index in [1.54, 1.807) is 13.1 Å². The second-order valence-electron chi connectivity index (χ2n) is 6.20. The van der Waals surface area contributed by atoms with Crippen LogP contribution in [0.15, 0.2) is 24.3 Å². The van der Waals surface area contributed by atoms with Crippen molar-refractivity contribution in [3.8, 4) is 0 Å². The molecular weight excluding hydrogens is 305 g/mol. The van der Waals surface area contributed by atoms with Crippen LogP contribution in [0.2, 0.25) is 0 Å². The topological polar surface area (TPSA) is 41.1 Å². The smallest absolute Gasteiger partial charge is 0.355 e. The highest BCUT2D eigenvalue weighted by atomic mass is 19.4. The predicted octanol–water partition coefficient (Wildman–Crippen LogP) is 3.24. The Morgan fingerprint density at radius 1 is 1.26 bits per heavy atom. The highest BCUT2D eigenvalue weighted by Gasteiger charge is 2.38. The summed E-state index contributed by atoms with van der Waals surface area (Å²) in [7, 11) is 1.77. The molecule has 1 aliphatic rings. The lowest BCUT2D eigenvalue weighted by atomic mass is 9.78. The molecule has 0 atom stereocenters. The van der Waals surface area contributed by atoms with E-state index in [9.17, 15) is 18.0 Å². The Morgan fingerprint density at radius 2 is 1.96 bits per heavy atom. The average Bonchev–Trinajstić information content (AvgIpc) is 3.00. The summed E-state index contributed by atoms with van der Waals surface area (Å²) in [6.07, 6.45) is -0.409. The zero-order chi connectivity index (χ0) is 16.9. The van der Waals surface area contributed by atoms with E-state index in [0.717, 1.165) is 31.7 Å². The average molecular weight is 328 g/mol. The number of halogens is 3. The number of rotatable bonds is 6. The Balaban J connectivity index is 2.16. The van der Waals surface area contributed by atoms with Crippen LogP contribution in [0, 0.1) is 0 Å². The molecule has 0 bridgehead atoms. The molecule has 6 heteroatoms. The lowest BCUT2D eigenvalue weighted by Crippen LogP contribution is -2.39. The van der Waals surface area contributed by atoms with Crippen LogP contribution in [0.1, 0.15) is 43.2 Å². The Bertz CT molecular complexity index is 537. The van der Waals surface area contributed by atoms with Crippen LogP contribution in [0.3, 0.4) is 0 Å². The first kappa shape index (κ1) is 17.8. The van der Waals surface area contributed by atoms with Crippen LogP contribution < -0.4 is 10.6 Å². The van der Waals surface area contributed by atoms with Gasteiger partial charge in [0.15, 0.2) is 0 Å². The van der Waals surface area contributed by atoms with Gasteiger partial charge in [-0.05, 0) is 31.5 Å². The van der Waals surface area contributed by atoms with Gasteiger partial charge in [0.1, 0.15) is 0 Å². The van der Waals surface area contributed by atoms with E-state index in [-0.39, 0.29) is 11.3 Å². The highest BCUT2D eigenvalue weighted by Crippen LogP contribution is 2.42. The highest BCUT2D eigenvalue weighted by molar-refractivity contribution is 5.76. The number of nitrogens with one attached hydrogen (secondary N) is 2. The number of amides is 1. The molecule has 0 radical (unpaired) electrons. The van der Waals surface area contributed by atoms with Gasteiger partial charge in [0.05, 0.1) is 5.56 Å². The molecule has 1 aromatic rings. The van der Waals surface area contributed by atoms with Gasteiger partial charge in [0.2, 0.25) is 5.91 Å². The minimum absolute atomic E-state index is 0.0717. The maximum atomic E-state index is 13.0. The predicted molar refractivity (Wildman–Crippen MR) is 83.1 cm³/mol. The molecule has 23 heavy (non-hydrogen) atoms. The number of alkyl halides is 3. The fraction of sp³-hybridized carbons (Fsp3) is 0.588. The van der Waals surface area contributed by atoms with Crippen molar-refractivity contribution in [2.45, 2.75) is 43.7 Å². The van der Waals surface area contributed by atoms with Crippen molar-refractivity contribution in [2.75, 3.05) is 20.1 Å². The van der Waals surface area contributed by atoms with Crippen molar-refractivity contribution in [3.05, 3.63) is 35.4 Å². The summed E-state index contributed by atoms with van der Waals surface area (Å²) < 4.78 is 38.9. The van der Waals surface area contributed by atoms with E-state index in [4.69, 9.17) is 0 Å². The van der Waals surface area contributed by atoms with Gasteiger partial charge in [-0.15, -0.1) is 0 Å². The minimum Gasteiger partial charge on any atom is -0.355 e. The summed E-state index contributed by atoms with van der Waals surface area (Å²) in [4.78, 5) is 11.8. The molecule has 1 saturated carbocycles. The molecule has 3 nitrogen and oxygen atoms in total. The van der Waals surface area contributed by atoms with Crippen LogP contribution in [0.25, 0.3) is 0 Å². The Kier molecular flexibility index (Phi) is 5.68. The summed E-state index contributed by atoms with van der Waals surface area (Å²) >= 11 is 0. The van der Waals surface area contributed by atoms with Crippen LogP contribution >= 0.6 is 0 Å². The van der Waals surface area contributed by atoms with E-state index in [2.05, 4.69) is 10.6 Å². The summed E-state index contributed by atoms with van der Waals surface area (Å²) in [6, 6.07) is 5.55. The molecule has 0 unspecified atom stereocenters. The number of benzene rings is 1. The zero-order valence-corrected chi connectivity index (χ0v) is 13.3. The molecule has 0 aromatic heterocycles. The maximum absolute atomic E-state index is 13.0. The first-order valence-electron chi connectivity index (χ1n) is 7.96. The Morgan fingerprint density at radius 3 is 2.57 bits per heavy atom. The third-order valence-corrected chi connectivity index (χ3v) is 4.59. The molecule has 1 fully saturated rings. The Labute approximate surface area is 134 Å². The normalized spacial score (nSPS) is 17.2. The molecular formula is C17H23F3N2O. The minimum atomic E-state index is -4.34. The largest absolute Gasteiger partial charge is 0.416 e. The SMILES string of the molecule is CNCCC(=O)NCC1(c2cccc(C(F)(F)F)c2)CCCC1. The van der Waals surface area contributed by atoms with E-state index < -0.39 is 11.7 Å². The van der Waals surface area contributed by atoms with Gasteiger partial charge < -0.3 is 10.6 Å². The molecule has 1 amide bonds. The summed E-state index contributed by atoms with van der Waals surface area (Å²) in [5.74, 6) is -0.0717. The van der Waals surface area contributed by atoms with Crippen molar-refractivity contribution in [1.29, 1.82) is 0 Å². The summed E-state index contributed by atoms with van der Waals surface area (Å²) in [6.45, 7) is 0.985. The summed E-state index contributed by atoms with van der Waals surface area (Å²) in [5, 5.41) is 5.80. The number of hydrogen-bond donors (Lipinski definition) is 2. The lowest BCUT2D eigenvalue weighted by molar-refractivity contribution is -0.137. The lowest BCUT2D eigenvalue weighted by Gasteiger charge is -2.30. The molecule has 0 saturated heterocycles. The Hall–Kier alpha value is -1.56. The zero-order valence-electron chi connectivity index (χ0n) is 13.3. The monoisotopic (exact) mass is 328 g/mol. The number of carbonyl (C=O) groups excluding carboxylic acids is 1. The molecule has 0 heterocycles. The van der Waals surface area contributed by atoms with Gasteiger partial charge in [0.25, 0.3) is 0 Å². The molecule has 0 aliphatic heterocycles. The molecule has 1 aromatic carbocycles. The van der Waals surface area contributed by atoms with E-state index in [1.807, 2.05) is 0 Å². The first-order chi connectivity index (χ1) is 10.9. The van der Waals surface area contributed by atoms with Crippen LogP contribution in [-0.4, -0.2) is 26.0 Å². The number of carbonyl (C=O) groups is 1. The van der Waals surface area contributed by atoms with Gasteiger partial charge in [-0.25, -0.2) is 0 Å². The van der Waals surface area contributed by atoms with Crippen molar-refractivity contribution < 1.29 is 18.0 Å². The van der Waals surface area contributed by atoms with E-state index in [1.165, 1.54) is 12.1 Å². The van der Waals surface area contributed by atoms with Crippen molar-refractivity contribution in [3.63, 3.8) is 0 Å². The van der Waals surface area contributed by atoms with Gasteiger partial charge in [0, 0.05) is 24.9 Å². The number of hydrogen-bond acceptors (Lipinski definition) is 2. The second kappa shape index (κ2) is 7.34. The quantitative estimate of drug-likeness (QED) is 0.842. The molecule has 2 rings (SSSR count). The van der Waals surface area contributed by atoms with Crippen LogP contribution in [-0.2, 0) is 16.4 Å². The first-order valence-corrected chi connectivity index (χ1v) is 7.96. The molecule has 2 N–H and O–H groups in total. The molecule has 128 valence electrons. The van der Waals surface area contributed by atoms with Gasteiger partial charge in [-0.2, -0.15) is 13.2 Å².